The van der Waals surface area contributed by atoms with Crippen molar-refractivity contribution in [2.45, 2.75) is 26.3 Å². The van der Waals surface area contributed by atoms with Crippen LogP contribution < -0.4 is 11.1 Å². The summed E-state index contributed by atoms with van der Waals surface area (Å²) in [7, 11) is 0. The fourth-order valence-electron chi connectivity index (χ4n) is 2.65. The van der Waals surface area contributed by atoms with Gasteiger partial charge in [0, 0.05) is 12.1 Å². The smallest absolute Gasteiger partial charge is 0.233 e. The molecule has 2 rings (SSSR count). The molecule has 0 radical (unpaired) electrons. The van der Waals surface area contributed by atoms with E-state index in [4.69, 9.17) is 18.0 Å². The van der Waals surface area contributed by atoms with Crippen LogP contribution in [0.3, 0.4) is 0 Å². The summed E-state index contributed by atoms with van der Waals surface area (Å²) < 4.78 is 26.5. The first kappa shape index (κ1) is 14.8. The highest BCUT2D eigenvalue weighted by Gasteiger charge is 2.50. The molecule has 1 saturated carbocycles. The van der Waals surface area contributed by atoms with Crippen molar-refractivity contribution in [1.29, 1.82) is 0 Å². The van der Waals surface area contributed by atoms with Gasteiger partial charge in [0.15, 0.2) is 0 Å². The van der Waals surface area contributed by atoms with Gasteiger partial charge >= 0.3 is 0 Å². The molecular weight excluding hydrogens is 282 g/mol. The molecule has 6 heteroatoms. The Balaban J connectivity index is 2.05. The van der Waals surface area contributed by atoms with Crippen molar-refractivity contribution in [3.05, 3.63) is 35.4 Å². The average molecular weight is 298 g/mol. The van der Waals surface area contributed by atoms with Gasteiger partial charge in [-0.15, -0.1) is 0 Å². The van der Waals surface area contributed by atoms with Crippen LogP contribution in [0.15, 0.2) is 18.2 Å². The number of hydrogen-bond acceptors (Lipinski definition) is 2. The Hall–Kier alpha value is -1.56. The van der Waals surface area contributed by atoms with Crippen molar-refractivity contribution in [1.82, 2.24) is 5.32 Å². The molecule has 0 aromatic heterocycles. The summed E-state index contributed by atoms with van der Waals surface area (Å²) >= 11 is 4.97. The number of carbonyl (C=O) groups is 1. The number of benzene rings is 1. The molecule has 20 heavy (non-hydrogen) atoms. The summed E-state index contributed by atoms with van der Waals surface area (Å²) in [5.74, 6) is -1.03. The fourth-order valence-corrected chi connectivity index (χ4v) is 2.91. The summed E-state index contributed by atoms with van der Waals surface area (Å²) in [5.41, 5.74) is 4.92. The van der Waals surface area contributed by atoms with Gasteiger partial charge < -0.3 is 11.1 Å². The zero-order valence-corrected chi connectivity index (χ0v) is 11.9. The molecule has 3 nitrogen and oxygen atoms in total. The molecule has 1 aromatic rings. The van der Waals surface area contributed by atoms with E-state index in [2.05, 4.69) is 5.32 Å². The van der Waals surface area contributed by atoms with E-state index < -0.39 is 17.0 Å². The van der Waals surface area contributed by atoms with Gasteiger partial charge in [0.1, 0.15) is 11.6 Å². The monoisotopic (exact) mass is 298 g/mol. The van der Waals surface area contributed by atoms with Gasteiger partial charge in [-0.05, 0) is 37.0 Å². The molecule has 3 N–H and O–H groups in total. The predicted molar refractivity (Wildman–Crippen MR) is 75.8 cm³/mol. The van der Waals surface area contributed by atoms with Gasteiger partial charge in [0.05, 0.1) is 10.4 Å². The number of rotatable bonds is 4. The van der Waals surface area contributed by atoms with Crippen LogP contribution in [-0.4, -0.2) is 10.9 Å². The van der Waals surface area contributed by atoms with Crippen molar-refractivity contribution in [3.63, 3.8) is 0 Å². The van der Waals surface area contributed by atoms with Crippen molar-refractivity contribution in [2.75, 3.05) is 0 Å². The maximum Gasteiger partial charge on any atom is 0.233 e. The SMILES string of the molecule is CC1CC(C(=O)NCc2cc(F)ccc2F)(C(N)=S)C1. The van der Waals surface area contributed by atoms with Crippen LogP contribution in [0.25, 0.3) is 0 Å². The Morgan fingerprint density at radius 1 is 1.50 bits per heavy atom. The minimum absolute atomic E-state index is 0.0822. The number of amides is 1. The summed E-state index contributed by atoms with van der Waals surface area (Å²) in [4.78, 5) is 12.4. The normalized spacial score (nSPS) is 24.9. The molecule has 0 unspecified atom stereocenters. The average Bonchev–Trinajstić information content (AvgIpc) is 2.35. The topological polar surface area (TPSA) is 55.1 Å². The Kier molecular flexibility index (Phi) is 4.04. The molecule has 0 aliphatic heterocycles. The lowest BCUT2D eigenvalue weighted by Gasteiger charge is -2.44. The maximum atomic E-state index is 13.5. The van der Waals surface area contributed by atoms with E-state index in [0.29, 0.717) is 18.8 Å². The first-order valence-corrected chi connectivity index (χ1v) is 6.78. The third kappa shape index (κ3) is 2.65. The molecule has 1 fully saturated rings. The zero-order chi connectivity index (χ0) is 14.9. The highest BCUT2D eigenvalue weighted by Crippen LogP contribution is 2.46. The van der Waals surface area contributed by atoms with E-state index in [1.807, 2.05) is 6.92 Å². The molecule has 0 saturated heterocycles. The van der Waals surface area contributed by atoms with E-state index in [1.54, 1.807) is 0 Å². The zero-order valence-electron chi connectivity index (χ0n) is 11.1. The summed E-state index contributed by atoms with van der Waals surface area (Å²) in [6, 6.07) is 3.13. The van der Waals surface area contributed by atoms with Crippen molar-refractivity contribution in [2.24, 2.45) is 17.1 Å². The minimum atomic E-state index is -0.835. The van der Waals surface area contributed by atoms with E-state index >= 15 is 0 Å². The van der Waals surface area contributed by atoms with Crippen LogP contribution in [0.1, 0.15) is 25.3 Å². The molecule has 1 aliphatic rings. The predicted octanol–water partition coefficient (Wildman–Crippen LogP) is 2.28. The molecule has 108 valence electrons. The van der Waals surface area contributed by atoms with E-state index in [-0.39, 0.29) is 23.0 Å². The van der Waals surface area contributed by atoms with E-state index in [1.165, 1.54) is 0 Å². The molecule has 1 aliphatic carbocycles. The highest BCUT2D eigenvalue weighted by molar-refractivity contribution is 7.80. The van der Waals surface area contributed by atoms with Crippen molar-refractivity contribution < 1.29 is 13.6 Å². The highest BCUT2D eigenvalue weighted by atomic mass is 32.1. The van der Waals surface area contributed by atoms with Gasteiger partial charge in [0.2, 0.25) is 5.91 Å². The van der Waals surface area contributed by atoms with Crippen molar-refractivity contribution >= 4 is 23.1 Å². The molecule has 0 bridgehead atoms. The van der Waals surface area contributed by atoms with Crippen LogP contribution in [-0.2, 0) is 11.3 Å². The second-order valence-electron chi connectivity index (χ2n) is 5.38. The second-order valence-corrected chi connectivity index (χ2v) is 5.82. The number of hydrogen-bond donors (Lipinski definition) is 2. The number of carbonyl (C=O) groups excluding carboxylic acids is 1. The largest absolute Gasteiger partial charge is 0.392 e. The first-order chi connectivity index (χ1) is 9.35. The second kappa shape index (κ2) is 5.44. The first-order valence-electron chi connectivity index (χ1n) is 6.37. The van der Waals surface area contributed by atoms with Gasteiger partial charge in [-0.3, -0.25) is 4.79 Å². The van der Waals surface area contributed by atoms with Crippen LogP contribution in [0.2, 0.25) is 0 Å². The number of nitrogens with one attached hydrogen (secondary N) is 1. The minimum Gasteiger partial charge on any atom is -0.392 e. The molecule has 0 atom stereocenters. The quantitative estimate of drug-likeness (QED) is 0.839. The third-order valence-corrected chi connectivity index (χ3v) is 4.14. The lowest BCUT2D eigenvalue weighted by molar-refractivity contribution is -0.133. The molecule has 1 amide bonds. The Bertz CT molecular complexity index is 556. The summed E-state index contributed by atoms with van der Waals surface area (Å²) in [6.07, 6.45) is 1.19. The number of halogens is 2. The van der Waals surface area contributed by atoms with Gasteiger partial charge in [0.25, 0.3) is 0 Å². The van der Waals surface area contributed by atoms with Gasteiger partial charge in [-0.1, -0.05) is 19.1 Å². The molecule has 0 heterocycles. The lowest BCUT2D eigenvalue weighted by Crippen LogP contribution is -2.55. The maximum absolute atomic E-state index is 13.5. The summed E-state index contributed by atoms with van der Waals surface area (Å²) in [5, 5.41) is 2.60. The number of nitrogens with two attached hydrogens (primary N) is 1. The fraction of sp³-hybridized carbons (Fsp3) is 0.429. The van der Waals surface area contributed by atoms with Crippen molar-refractivity contribution in [3.8, 4) is 0 Å². The van der Waals surface area contributed by atoms with Gasteiger partial charge in [-0.2, -0.15) is 0 Å². The molecular formula is C14H16F2N2OS. The van der Waals surface area contributed by atoms with Crippen LogP contribution in [0.4, 0.5) is 8.78 Å². The molecule has 1 aromatic carbocycles. The Morgan fingerprint density at radius 3 is 2.70 bits per heavy atom. The van der Waals surface area contributed by atoms with Gasteiger partial charge in [-0.25, -0.2) is 8.78 Å². The third-order valence-electron chi connectivity index (χ3n) is 3.75. The van der Waals surface area contributed by atoms with Crippen LogP contribution in [0.5, 0.6) is 0 Å². The van der Waals surface area contributed by atoms with Crippen LogP contribution >= 0.6 is 12.2 Å². The van der Waals surface area contributed by atoms with Crippen LogP contribution in [0, 0.1) is 23.0 Å². The molecule has 0 spiro atoms. The standard InChI is InChI=1S/C14H16F2N2OS/c1-8-5-14(6-8,12(17)20)13(19)18-7-9-4-10(15)2-3-11(9)16/h2-4,8H,5-7H2,1H3,(H2,17,20)(H,18,19). The van der Waals surface area contributed by atoms with E-state index in [0.717, 1.165) is 18.2 Å². The summed E-state index contributed by atoms with van der Waals surface area (Å²) in [6.45, 7) is 1.93. The Labute approximate surface area is 121 Å². The van der Waals surface area contributed by atoms with E-state index in [9.17, 15) is 13.6 Å². The Morgan fingerprint density at radius 2 is 2.15 bits per heavy atom. The lowest BCUT2D eigenvalue weighted by atomic mass is 9.62. The number of thiocarbonyl (C=S) groups is 1.